The summed E-state index contributed by atoms with van der Waals surface area (Å²) >= 11 is 3.32. The number of carbonyl (C=O) groups is 2. The lowest BCUT2D eigenvalue weighted by Gasteiger charge is -2.16. The zero-order valence-corrected chi connectivity index (χ0v) is 12.5. The van der Waals surface area contributed by atoms with Crippen LogP contribution in [0, 0.1) is 0 Å². The predicted molar refractivity (Wildman–Crippen MR) is 73.9 cm³/mol. The minimum absolute atomic E-state index is 0.0562. The molecule has 0 aromatic heterocycles. The van der Waals surface area contributed by atoms with Gasteiger partial charge in [0.1, 0.15) is 5.75 Å². The molecule has 6 heteroatoms. The van der Waals surface area contributed by atoms with Gasteiger partial charge in [0.15, 0.2) is 6.61 Å². The number of benzene rings is 1. The van der Waals surface area contributed by atoms with E-state index in [4.69, 9.17) is 4.74 Å². The van der Waals surface area contributed by atoms with Crippen molar-refractivity contribution in [2.24, 2.45) is 0 Å². The summed E-state index contributed by atoms with van der Waals surface area (Å²) in [4.78, 5) is 24.1. The minimum Gasteiger partial charge on any atom is -0.484 e. The molecular formula is C13H16BrNO4. The van der Waals surface area contributed by atoms with Crippen LogP contribution in [-0.4, -0.2) is 44.1 Å². The van der Waals surface area contributed by atoms with E-state index in [2.05, 4.69) is 20.7 Å². The molecule has 0 fully saturated rings. The van der Waals surface area contributed by atoms with E-state index in [9.17, 15) is 9.59 Å². The SMILES string of the molecule is COC(=O)CCN(C)C(=O)COc1ccc(Br)cc1. The maximum Gasteiger partial charge on any atom is 0.307 e. The van der Waals surface area contributed by atoms with E-state index >= 15 is 0 Å². The molecule has 0 unspecified atom stereocenters. The molecule has 0 aliphatic rings. The van der Waals surface area contributed by atoms with Crippen LogP contribution in [0.5, 0.6) is 5.75 Å². The van der Waals surface area contributed by atoms with E-state index in [0.29, 0.717) is 12.3 Å². The third-order valence-corrected chi connectivity index (χ3v) is 3.01. The molecule has 5 nitrogen and oxygen atoms in total. The van der Waals surface area contributed by atoms with Gasteiger partial charge in [-0.05, 0) is 24.3 Å². The Morgan fingerprint density at radius 3 is 2.47 bits per heavy atom. The molecule has 1 amide bonds. The molecule has 1 rings (SSSR count). The number of nitrogens with zero attached hydrogens (tertiary/aromatic N) is 1. The van der Waals surface area contributed by atoms with Crippen molar-refractivity contribution < 1.29 is 19.1 Å². The predicted octanol–water partition coefficient (Wildman–Crippen LogP) is 1.85. The second-order valence-corrected chi connectivity index (χ2v) is 4.80. The van der Waals surface area contributed by atoms with Gasteiger partial charge < -0.3 is 14.4 Å². The van der Waals surface area contributed by atoms with Crippen molar-refractivity contribution in [2.75, 3.05) is 27.3 Å². The fraction of sp³-hybridized carbons (Fsp3) is 0.385. The normalized spacial score (nSPS) is 9.84. The number of hydrogen-bond donors (Lipinski definition) is 0. The van der Waals surface area contributed by atoms with Crippen LogP contribution in [0.2, 0.25) is 0 Å². The molecule has 104 valence electrons. The van der Waals surface area contributed by atoms with E-state index in [0.717, 1.165) is 4.47 Å². The molecule has 1 aromatic carbocycles. The highest BCUT2D eigenvalue weighted by molar-refractivity contribution is 9.10. The number of esters is 1. The molecule has 0 N–H and O–H groups in total. The van der Waals surface area contributed by atoms with Gasteiger partial charge in [-0.15, -0.1) is 0 Å². The van der Waals surface area contributed by atoms with Crippen molar-refractivity contribution in [3.8, 4) is 5.75 Å². The molecule has 0 spiro atoms. The molecule has 0 aliphatic carbocycles. The van der Waals surface area contributed by atoms with Crippen LogP contribution in [0.15, 0.2) is 28.7 Å². The molecule has 0 heterocycles. The van der Waals surface area contributed by atoms with Crippen LogP contribution in [0.1, 0.15) is 6.42 Å². The highest BCUT2D eigenvalue weighted by Gasteiger charge is 2.11. The Hall–Kier alpha value is -1.56. The molecule has 0 saturated heterocycles. The van der Waals surface area contributed by atoms with Gasteiger partial charge in [0, 0.05) is 18.1 Å². The zero-order chi connectivity index (χ0) is 14.3. The second kappa shape index (κ2) is 7.78. The van der Waals surface area contributed by atoms with Crippen molar-refractivity contribution in [1.82, 2.24) is 4.90 Å². The summed E-state index contributed by atoms with van der Waals surface area (Å²) in [5.41, 5.74) is 0. The summed E-state index contributed by atoms with van der Waals surface area (Å²) in [5.74, 6) is 0.0956. The maximum atomic E-state index is 11.7. The fourth-order valence-corrected chi connectivity index (χ4v) is 1.54. The van der Waals surface area contributed by atoms with E-state index in [1.165, 1.54) is 12.0 Å². The fourth-order valence-electron chi connectivity index (χ4n) is 1.27. The van der Waals surface area contributed by atoms with Crippen LogP contribution in [0.25, 0.3) is 0 Å². The summed E-state index contributed by atoms with van der Waals surface area (Å²) in [5, 5.41) is 0. The van der Waals surface area contributed by atoms with Crippen molar-refractivity contribution in [2.45, 2.75) is 6.42 Å². The first-order chi connectivity index (χ1) is 9.02. The van der Waals surface area contributed by atoms with Gasteiger partial charge in [-0.1, -0.05) is 15.9 Å². The maximum absolute atomic E-state index is 11.7. The number of hydrogen-bond acceptors (Lipinski definition) is 4. The van der Waals surface area contributed by atoms with Gasteiger partial charge in [-0.25, -0.2) is 0 Å². The van der Waals surface area contributed by atoms with E-state index < -0.39 is 0 Å². The quantitative estimate of drug-likeness (QED) is 0.747. The monoisotopic (exact) mass is 329 g/mol. The van der Waals surface area contributed by atoms with Gasteiger partial charge in [-0.2, -0.15) is 0 Å². The summed E-state index contributed by atoms with van der Waals surface area (Å²) in [6.07, 6.45) is 0.178. The number of methoxy groups -OCH3 is 1. The number of rotatable bonds is 6. The minimum atomic E-state index is -0.339. The number of carbonyl (C=O) groups excluding carboxylic acids is 2. The van der Waals surface area contributed by atoms with Crippen LogP contribution in [0.4, 0.5) is 0 Å². The molecule has 0 radical (unpaired) electrons. The average Bonchev–Trinajstić information content (AvgIpc) is 2.43. The van der Waals surface area contributed by atoms with Gasteiger partial charge in [0.25, 0.3) is 5.91 Å². The Bertz CT molecular complexity index is 433. The Kier molecular flexibility index (Phi) is 6.35. The van der Waals surface area contributed by atoms with E-state index in [1.807, 2.05) is 12.1 Å². The molecular weight excluding hydrogens is 314 g/mol. The first-order valence-corrected chi connectivity index (χ1v) is 6.51. The molecule has 0 saturated carbocycles. The molecule has 1 aromatic rings. The van der Waals surface area contributed by atoms with Crippen LogP contribution < -0.4 is 4.74 Å². The Balaban J connectivity index is 2.34. The lowest BCUT2D eigenvalue weighted by molar-refractivity contribution is -0.141. The molecule has 0 bridgehead atoms. The summed E-state index contributed by atoms with van der Waals surface area (Å²) in [6.45, 7) is 0.258. The van der Waals surface area contributed by atoms with E-state index in [1.54, 1.807) is 19.2 Å². The number of amides is 1. The van der Waals surface area contributed by atoms with Crippen LogP contribution in [0.3, 0.4) is 0 Å². The number of likely N-dealkylation sites (N-methyl/N-ethyl adjacent to an activating group) is 1. The molecule has 0 aliphatic heterocycles. The second-order valence-electron chi connectivity index (χ2n) is 3.88. The van der Waals surface area contributed by atoms with Gasteiger partial charge in [0.05, 0.1) is 13.5 Å². The standard InChI is InChI=1S/C13H16BrNO4/c1-15(8-7-13(17)18-2)12(16)9-19-11-5-3-10(14)4-6-11/h3-6H,7-9H2,1-2H3. The first kappa shape index (κ1) is 15.5. The molecule has 0 atom stereocenters. The summed E-state index contributed by atoms with van der Waals surface area (Å²) < 4.78 is 10.8. The Morgan fingerprint density at radius 1 is 1.26 bits per heavy atom. The van der Waals surface area contributed by atoms with Gasteiger partial charge in [0.2, 0.25) is 0 Å². The summed E-state index contributed by atoms with van der Waals surface area (Å²) in [6, 6.07) is 7.21. The van der Waals surface area contributed by atoms with Gasteiger partial charge >= 0.3 is 5.97 Å². The van der Waals surface area contributed by atoms with Crippen molar-refractivity contribution in [1.29, 1.82) is 0 Å². The zero-order valence-electron chi connectivity index (χ0n) is 10.9. The van der Waals surface area contributed by atoms with Gasteiger partial charge in [-0.3, -0.25) is 9.59 Å². The largest absolute Gasteiger partial charge is 0.484 e. The van der Waals surface area contributed by atoms with Crippen molar-refractivity contribution in [3.05, 3.63) is 28.7 Å². The first-order valence-electron chi connectivity index (χ1n) is 5.72. The third-order valence-electron chi connectivity index (χ3n) is 2.48. The summed E-state index contributed by atoms with van der Waals surface area (Å²) in [7, 11) is 2.94. The average molecular weight is 330 g/mol. The van der Waals surface area contributed by atoms with E-state index in [-0.39, 0.29) is 24.9 Å². The van der Waals surface area contributed by atoms with Crippen molar-refractivity contribution in [3.63, 3.8) is 0 Å². The third kappa shape index (κ3) is 5.74. The smallest absolute Gasteiger partial charge is 0.307 e. The molecule has 19 heavy (non-hydrogen) atoms. The highest BCUT2D eigenvalue weighted by Crippen LogP contribution is 2.15. The van der Waals surface area contributed by atoms with Crippen LogP contribution in [-0.2, 0) is 14.3 Å². The lowest BCUT2D eigenvalue weighted by Crippen LogP contribution is -2.33. The topological polar surface area (TPSA) is 55.8 Å². The Labute approximate surface area is 120 Å². The van der Waals surface area contributed by atoms with Crippen molar-refractivity contribution >= 4 is 27.8 Å². The lowest BCUT2D eigenvalue weighted by atomic mass is 10.3. The Morgan fingerprint density at radius 2 is 1.89 bits per heavy atom. The number of ether oxygens (including phenoxy) is 2. The number of halogens is 1. The van der Waals surface area contributed by atoms with Crippen LogP contribution >= 0.6 is 15.9 Å². The highest BCUT2D eigenvalue weighted by atomic mass is 79.9.